The molecule has 1 unspecified atom stereocenters. The number of rotatable bonds is 10. The van der Waals surface area contributed by atoms with Crippen molar-refractivity contribution in [3.05, 3.63) is 134 Å². The lowest BCUT2D eigenvalue weighted by Gasteiger charge is -2.47. The van der Waals surface area contributed by atoms with Gasteiger partial charge >= 0.3 is 6.16 Å². The number of carbonyl (C=O) groups excluding carboxylic acids is 1. The van der Waals surface area contributed by atoms with E-state index in [-0.39, 0.29) is 16.7 Å². The predicted molar refractivity (Wildman–Crippen MR) is 196 cm³/mol. The van der Waals surface area contributed by atoms with E-state index in [2.05, 4.69) is 145 Å². The summed E-state index contributed by atoms with van der Waals surface area (Å²) in [6.45, 7) is 17.6. The zero-order valence-corrected chi connectivity index (χ0v) is 30.5. The molecule has 0 radical (unpaired) electrons. The van der Waals surface area contributed by atoms with Crippen molar-refractivity contribution in [1.29, 1.82) is 0 Å². The summed E-state index contributed by atoms with van der Waals surface area (Å²) in [5.74, 6) is 0. The second-order valence-electron chi connectivity index (χ2n) is 14.3. The van der Waals surface area contributed by atoms with E-state index in [4.69, 9.17) is 18.3 Å². The number of hydrogen-bond donors (Lipinski definition) is 0. The van der Waals surface area contributed by atoms with Crippen LogP contribution < -0.4 is 20.7 Å². The van der Waals surface area contributed by atoms with Gasteiger partial charge < -0.3 is 18.3 Å². The second kappa shape index (κ2) is 14.2. The lowest BCUT2D eigenvalue weighted by Crippen LogP contribution is -2.69. The third-order valence-corrected chi connectivity index (χ3v) is 19.3. The fourth-order valence-electron chi connectivity index (χ4n) is 7.08. The number of carbonyl (C=O) groups is 1. The topological polar surface area (TPSA) is 54.0 Å². The molecular weight excluding hydrogens is 617 g/mol. The molecule has 0 N–H and O–H groups in total. The van der Waals surface area contributed by atoms with Gasteiger partial charge in [-0.2, -0.15) is 0 Å². The van der Waals surface area contributed by atoms with Crippen molar-refractivity contribution in [2.75, 3.05) is 6.61 Å². The molecule has 3 atom stereocenters. The summed E-state index contributed by atoms with van der Waals surface area (Å²) in [4.78, 5) is 13.2. The van der Waals surface area contributed by atoms with E-state index in [9.17, 15) is 4.79 Å². The van der Waals surface area contributed by atoms with Crippen molar-refractivity contribution >= 4 is 43.5 Å². The summed E-state index contributed by atoms with van der Waals surface area (Å²) in [6.07, 6.45) is -0.504. The van der Waals surface area contributed by atoms with E-state index in [1.807, 2.05) is 24.3 Å². The largest absolute Gasteiger partial charge is 0.509 e. The minimum atomic E-state index is -3.03. The van der Waals surface area contributed by atoms with Crippen LogP contribution in [0.2, 0.25) is 10.1 Å². The average molecular weight is 665 g/mol. The van der Waals surface area contributed by atoms with E-state index in [0.29, 0.717) is 6.42 Å². The summed E-state index contributed by atoms with van der Waals surface area (Å²) in [6, 6.07) is 42.0. The maximum atomic E-state index is 13.2. The molecule has 0 aliphatic carbocycles. The normalized spacial score (nSPS) is 19.3. The fraction of sp³-hybridized carbons (Fsp3) is 0.325. The molecule has 1 aliphatic rings. The number of ether oxygens (including phenoxy) is 2. The molecule has 0 amide bonds. The van der Waals surface area contributed by atoms with Gasteiger partial charge in [0.15, 0.2) is 6.10 Å². The smallest absolute Gasteiger partial charge is 0.427 e. The highest BCUT2D eigenvalue weighted by molar-refractivity contribution is 7.00. The van der Waals surface area contributed by atoms with Crippen LogP contribution in [0.5, 0.6) is 0 Å². The summed E-state index contributed by atoms with van der Waals surface area (Å²) < 4.78 is 26.8. The van der Waals surface area contributed by atoms with Crippen LogP contribution in [0.4, 0.5) is 4.79 Å². The first-order valence-electron chi connectivity index (χ1n) is 16.5. The van der Waals surface area contributed by atoms with Crippen molar-refractivity contribution in [3.8, 4) is 0 Å². The molecule has 246 valence electrons. The quantitative estimate of drug-likeness (QED) is 0.104. The van der Waals surface area contributed by atoms with Crippen molar-refractivity contribution in [2.24, 2.45) is 0 Å². The van der Waals surface area contributed by atoms with E-state index in [1.165, 1.54) is 0 Å². The third kappa shape index (κ3) is 6.95. The Kier molecular flexibility index (Phi) is 10.4. The fourth-order valence-corrected chi connectivity index (χ4v) is 16.4. The minimum Gasteiger partial charge on any atom is -0.427 e. The molecule has 1 fully saturated rings. The van der Waals surface area contributed by atoms with E-state index < -0.39 is 41.1 Å². The van der Waals surface area contributed by atoms with Crippen molar-refractivity contribution in [3.63, 3.8) is 0 Å². The van der Waals surface area contributed by atoms with Gasteiger partial charge in [-0.1, -0.05) is 176 Å². The van der Waals surface area contributed by atoms with Gasteiger partial charge in [0.25, 0.3) is 16.6 Å². The van der Waals surface area contributed by atoms with Crippen molar-refractivity contribution in [2.45, 2.75) is 76.4 Å². The Labute approximate surface area is 282 Å². The molecule has 1 saturated heterocycles. The van der Waals surface area contributed by atoms with Gasteiger partial charge in [0.05, 0.1) is 12.7 Å². The lowest BCUT2D eigenvalue weighted by atomic mass is 10.1. The maximum Gasteiger partial charge on any atom is 0.509 e. The van der Waals surface area contributed by atoms with Crippen molar-refractivity contribution < 1.29 is 23.1 Å². The second-order valence-corrected chi connectivity index (χ2v) is 22.9. The van der Waals surface area contributed by atoms with Gasteiger partial charge in [-0.15, -0.1) is 0 Å². The standard InChI is InChI=1S/C40H48O5Si2/c1-8-31-29-36(45-47(40(5,6)7,34-25-17-11-18-26-34)35-27-19-12-20-28-35)37(44-38(41)43-31)30-42-46(39(2,3)4,32-21-13-9-14-22-32)33-23-15-10-16-24-33/h8-28,31,36-37H,1,29-30H2,2-7H3/t31?,36-,37+/m0/s1. The van der Waals surface area contributed by atoms with Gasteiger partial charge in [-0.25, -0.2) is 4.79 Å². The van der Waals surface area contributed by atoms with Gasteiger partial charge in [0.1, 0.15) is 6.10 Å². The zero-order chi connectivity index (χ0) is 33.7. The van der Waals surface area contributed by atoms with Crippen LogP contribution in [0.15, 0.2) is 134 Å². The molecule has 1 heterocycles. The molecule has 0 bridgehead atoms. The molecular formula is C40H48O5Si2. The van der Waals surface area contributed by atoms with Crippen LogP contribution in [0, 0.1) is 0 Å². The lowest BCUT2D eigenvalue weighted by molar-refractivity contribution is -0.0192. The highest BCUT2D eigenvalue weighted by Crippen LogP contribution is 2.40. The summed E-state index contributed by atoms with van der Waals surface area (Å²) in [7, 11) is -5.98. The maximum absolute atomic E-state index is 13.2. The predicted octanol–water partition coefficient (Wildman–Crippen LogP) is 6.99. The summed E-state index contributed by atoms with van der Waals surface area (Å²) in [5, 5.41) is 4.08. The van der Waals surface area contributed by atoms with Gasteiger partial charge in [-0.3, -0.25) is 0 Å². The molecule has 4 aromatic carbocycles. The summed E-state index contributed by atoms with van der Waals surface area (Å²) >= 11 is 0. The van der Waals surface area contributed by atoms with E-state index in [0.717, 1.165) is 20.7 Å². The molecule has 5 rings (SSSR count). The minimum absolute atomic E-state index is 0.148. The van der Waals surface area contributed by atoms with Crippen molar-refractivity contribution in [1.82, 2.24) is 0 Å². The molecule has 5 nitrogen and oxygen atoms in total. The first kappa shape index (κ1) is 34.6. The average Bonchev–Trinajstić information content (AvgIpc) is 3.21. The number of benzene rings is 4. The van der Waals surface area contributed by atoms with Crippen LogP contribution in [0.25, 0.3) is 0 Å². The monoisotopic (exact) mass is 664 g/mol. The van der Waals surface area contributed by atoms with Gasteiger partial charge in [-0.05, 0) is 30.8 Å². The Balaban J connectivity index is 1.64. The third-order valence-electron chi connectivity index (χ3n) is 9.26. The Morgan fingerprint density at radius 2 is 1.04 bits per heavy atom. The Morgan fingerprint density at radius 3 is 1.40 bits per heavy atom. The molecule has 0 saturated carbocycles. The Hall–Kier alpha value is -3.76. The molecule has 0 spiro atoms. The van der Waals surface area contributed by atoms with Crippen LogP contribution in [0.3, 0.4) is 0 Å². The highest BCUT2D eigenvalue weighted by Gasteiger charge is 2.55. The SMILES string of the molecule is C=CC1C[C@H](O[Si](c2ccccc2)(c2ccccc2)C(C)(C)C)[C@@H](CO[Si](c2ccccc2)(c2ccccc2)C(C)(C)C)OC(=O)O1. The highest BCUT2D eigenvalue weighted by atomic mass is 28.4. The number of cyclic esters (lactones) is 2. The first-order valence-corrected chi connectivity index (χ1v) is 20.3. The molecule has 47 heavy (non-hydrogen) atoms. The van der Waals surface area contributed by atoms with Crippen LogP contribution in [0.1, 0.15) is 48.0 Å². The van der Waals surface area contributed by atoms with E-state index >= 15 is 0 Å². The van der Waals surface area contributed by atoms with Gasteiger partial charge in [0.2, 0.25) is 0 Å². The molecule has 1 aliphatic heterocycles. The van der Waals surface area contributed by atoms with Crippen LogP contribution in [-0.2, 0) is 18.3 Å². The summed E-state index contributed by atoms with van der Waals surface area (Å²) in [5.41, 5.74) is 0. The zero-order valence-electron chi connectivity index (χ0n) is 28.5. The molecule has 7 heteroatoms. The molecule has 0 aromatic heterocycles. The van der Waals surface area contributed by atoms with Crippen LogP contribution in [-0.4, -0.2) is 47.7 Å². The molecule has 4 aromatic rings. The Bertz CT molecular complexity index is 1520. The van der Waals surface area contributed by atoms with Gasteiger partial charge in [0, 0.05) is 6.42 Å². The Morgan fingerprint density at radius 1 is 0.660 bits per heavy atom. The number of hydrogen-bond acceptors (Lipinski definition) is 5. The van der Waals surface area contributed by atoms with Crippen LogP contribution >= 0.6 is 0 Å². The van der Waals surface area contributed by atoms with E-state index in [1.54, 1.807) is 6.08 Å². The first-order chi connectivity index (χ1) is 22.4.